The molecule has 1 atom stereocenters. The second-order valence-corrected chi connectivity index (χ2v) is 8.81. The van der Waals surface area contributed by atoms with Gasteiger partial charge in [-0.05, 0) is 38.8 Å². The highest BCUT2D eigenvalue weighted by molar-refractivity contribution is 7.56. The Hall–Kier alpha value is -1.29. The van der Waals surface area contributed by atoms with Crippen LogP contribution in [-0.4, -0.2) is 12.7 Å². The zero-order chi connectivity index (χ0) is 18.3. The van der Waals surface area contributed by atoms with Gasteiger partial charge in [0.2, 0.25) is 0 Å². The molecule has 2 aromatic rings. The topological polar surface area (TPSA) is 36.9 Å². The second kappa shape index (κ2) is 8.88. The molecule has 1 unspecified atom stereocenters. The smallest absolute Gasteiger partial charge is 0.156 e. The summed E-state index contributed by atoms with van der Waals surface area (Å²) in [7, 11) is -1.37. The summed E-state index contributed by atoms with van der Waals surface area (Å²) >= 11 is 0. The zero-order valence-electron chi connectivity index (χ0n) is 15.7. The number of hydrogen-bond acceptors (Lipinski definition) is 4. The SMILES string of the molecule is CO[P+](OCc1ccccc1)(OCc1ccc(C)cc1)OC(C)(C)C. The van der Waals surface area contributed by atoms with E-state index in [4.69, 9.17) is 18.1 Å². The highest BCUT2D eigenvalue weighted by Crippen LogP contribution is 2.65. The average Bonchev–Trinajstić information content (AvgIpc) is 2.59. The van der Waals surface area contributed by atoms with Crippen LogP contribution in [0.3, 0.4) is 0 Å². The predicted molar refractivity (Wildman–Crippen MR) is 102 cm³/mol. The van der Waals surface area contributed by atoms with Gasteiger partial charge in [0.15, 0.2) is 0 Å². The molecular formula is C20H28O4P+. The molecule has 136 valence electrons. The van der Waals surface area contributed by atoms with E-state index >= 15 is 0 Å². The first-order valence-electron chi connectivity index (χ1n) is 8.36. The summed E-state index contributed by atoms with van der Waals surface area (Å²) < 4.78 is 23.8. The van der Waals surface area contributed by atoms with Crippen LogP contribution in [0.1, 0.15) is 37.5 Å². The highest BCUT2D eigenvalue weighted by Gasteiger charge is 2.52. The third-order valence-electron chi connectivity index (χ3n) is 3.35. The molecule has 4 nitrogen and oxygen atoms in total. The van der Waals surface area contributed by atoms with Crippen molar-refractivity contribution < 1.29 is 18.1 Å². The summed E-state index contributed by atoms with van der Waals surface area (Å²) in [6, 6.07) is 18.1. The molecule has 0 aromatic heterocycles. The first-order chi connectivity index (χ1) is 11.8. The normalized spacial score (nSPS) is 14.3. The molecule has 0 fully saturated rings. The molecule has 0 aliphatic heterocycles. The van der Waals surface area contributed by atoms with Crippen molar-refractivity contribution in [1.29, 1.82) is 0 Å². The number of benzene rings is 2. The van der Waals surface area contributed by atoms with Crippen molar-refractivity contribution >= 4 is 8.17 Å². The van der Waals surface area contributed by atoms with E-state index in [1.54, 1.807) is 7.11 Å². The molecule has 0 N–H and O–H groups in total. The molecule has 5 heteroatoms. The molecule has 0 radical (unpaired) electrons. The molecule has 0 aliphatic rings. The molecule has 0 aliphatic carbocycles. The largest absolute Gasteiger partial charge is 0.576 e. The molecule has 0 saturated heterocycles. The molecule has 25 heavy (non-hydrogen) atoms. The first kappa shape index (κ1) is 20.0. The fraction of sp³-hybridized carbons (Fsp3) is 0.400. The summed E-state index contributed by atoms with van der Waals surface area (Å²) in [5.41, 5.74) is 2.85. The Morgan fingerprint density at radius 1 is 0.800 bits per heavy atom. The standard InChI is InChI=1S/C20H28O4P/c1-17-11-13-19(14-12-17)16-23-25(21-5,24-20(2,3)4)22-15-18-9-7-6-8-10-18/h6-14H,15-16H2,1-5H3/q+1. The van der Waals surface area contributed by atoms with Gasteiger partial charge >= 0.3 is 8.17 Å². The molecule has 0 amide bonds. The van der Waals surface area contributed by atoms with E-state index in [0.29, 0.717) is 13.2 Å². The van der Waals surface area contributed by atoms with Crippen LogP contribution in [0, 0.1) is 6.92 Å². The Morgan fingerprint density at radius 3 is 1.80 bits per heavy atom. The van der Waals surface area contributed by atoms with Crippen LogP contribution in [0.2, 0.25) is 0 Å². The van der Waals surface area contributed by atoms with Crippen LogP contribution in [0.15, 0.2) is 54.6 Å². The predicted octanol–water partition coefficient (Wildman–Crippen LogP) is 5.87. The van der Waals surface area contributed by atoms with Crippen LogP contribution in [-0.2, 0) is 31.3 Å². The Morgan fingerprint density at radius 2 is 1.32 bits per heavy atom. The van der Waals surface area contributed by atoms with Gasteiger partial charge in [0.05, 0.1) is 7.11 Å². The third kappa shape index (κ3) is 6.85. The van der Waals surface area contributed by atoms with Crippen molar-refractivity contribution in [2.75, 3.05) is 7.11 Å². The Labute approximate surface area is 151 Å². The fourth-order valence-electron chi connectivity index (χ4n) is 2.13. The van der Waals surface area contributed by atoms with E-state index in [9.17, 15) is 0 Å². The molecule has 0 saturated carbocycles. The van der Waals surface area contributed by atoms with E-state index in [1.165, 1.54) is 5.56 Å². The van der Waals surface area contributed by atoms with Gasteiger partial charge in [0.1, 0.15) is 18.8 Å². The van der Waals surface area contributed by atoms with Crippen molar-refractivity contribution in [1.82, 2.24) is 0 Å². The van der Waals surface area contributed by atoms with Crippen molar-refractivity contribution in [2.45, 2.75) is 46.5 Å². The molecule has 0 heterocycles. The maximum absolute atomic E-state index is 6.09. The van der Waals surface area contributed by atoms with E-state index in [-0.39, 0.29) is 0 Å². The van der Waals surface area contributed by atoms with Gasteiger partial charge in [-0.3, -0.25) is 0 Å². The quantitative estimate of drug-likeness (QED) is 0.550. The minimum Gasteiger partial charge on any atom is -0.156 e. The molecule has 2 aromatic carbocycles. The summed E-state index contributed by atoms with van der Waals surface area (Å²) in [5, 5.41) is 0. The number of aryl methyl sites for hydroxylation is 1. The van der Waals surface area contributed by atoms with E-state index in [0.717, 1.165) is 11.1 Å². The molecule has 0 spiro atoms. The Bertz CT molecular complexity index is 637. The van der Waals surface area contributed by atoms with Gasteiger partial charge in [0.25, 0.3) is 0 Å². The van der Waals surface area contributed by atoms with Crippen LogP contribution >= 0.6 is 8.17 Å². The van der Waals surface area contributed by atoms with Crippen LogP contribution in [0.25, 0.3) is 0 Å². The van der Waals surface area contributed by atoms with Gasteiger partial charge in [0, 0.05) is 0 Å². The summed E-state index contributed by atoms with van der Waals surface area (Å²) in [6.45, 7) is 8.67. The lowest BCUT2D eigenvalue weighted by molar-refractivity contribution is 0.00251. The summed E-state index contributed by atoms with van der Waals surface area (Å²) in [4.78, 5) is 0. The van der Waals surface area contributed by atoms with Gasteiger partial charge in [-0.25, -0.2) is 0 Å². The number of rotatable bonds is 8. The molecule has 0 bridgehead atoms. The maximum Gasteiger partial charge on any atom is 0.576 e. The lowest BCUT2D eigenvalue weighted by atomic mass is 10.2. The van der Waals surface area contributed by atoms with Gasteiger partial charge in [-0.2, -0.15) is 4.52 Å². The maximum atomic E-state index is 6.09. The van der Waals surface area contributed by atoms with E-state index < -0.39 is 13.8 Å². The van der Waals surface area contributed by atoms with Crippen molar-refractivity contribution in [3.8, 4) is 0 Å². The first-order valence-corrected chi connectivity index (χ1v) is 9.82. The minimum atomic E-state index is -2.94. The molecular weight excluding hydrogens is 335 g/mol. The van der Waals surface area contributed by atoms with Crippen LogP contribution in [0.4, 0.5) is 0 Å². The van der Waals surface area contributed by atoms with Crippen molar-refractivity contribution in [3.05, 3.63) is 71.3 Å². The van der Waals surface area contributed by atoms with Gasteiger partial charge in [-0.1, -0.05) is 60.2 Å². The van der Waals surface area contributed by atoms with Gasteiger partial charge in [-0.15, -0.1) is 13.6 Å². The van der Waals surface area contributed by atoms with Crippen molar-refractivity contribution in [2.24, 2.45) is 0 Å². The zero-order valence-corrected chi connectivity index (χ0v) is 16.6. The summed E-state index contributed by atoms with van der Waals surface area (Å²) in [5.74, 6) is 0. The van der Waals surface area contributed by atoms with E-state index in [2.05, 4.69) is 19.1 Å². The lowest BCUT2D eigenvalue weighted by Crippen LogP contribution is -2.23. The number of hydrogen-bond donors (Lipinski definition) is 0. The second-order valence-electron chi connectivity index (χ2n) is 6.85. The third-order valence-corrected chi connectivity index (χ3v) is 5.46. The Balaban J connectivity index is 2.10. The van der Waals surface area contributed by atoms with Gasteiger partial charge < -0.3 is 0 Å². The summed E-state index contributed by atoms with van der Waals surface area (Å²) in [6.07, 6.45) is 0. The fourth-order valence-corrected chi connectivity index (χ4v) is 3.88. The monoisotopic (exact) mass is 363 g/mol. The van der Waals surface area contributed by atoms with Crippen LogP contribution in [0.5, 0.6) is 0 Å². The highest BCUT2D eigenvalue weighted by atomic mass is 31.2. The molecule has 2 rings (SSSR count). The Kier molecular flexibility index (Phi) is 7.12. The lowest BCUT2D eigenvalue weighted by Gasteiger charge is -2.25. The minimum absolute atomic E-state index is 0.367. The van der Waals surface area contributed by atoms with Crippen LogP contribution < -0.4 is 0 Å². The van der Waals surface area contributed by atoms with E-state index in [1.807, 2.05) is 63.2 Å². The average molecular weight is 363 g/mol. The van der Waals surface area contributed by atoms with Crippen molar-refractivity contribution in [3.63, 3.8) is 0 Å².